The third-order valence-electron chi connectivity index (χ3n) is 2.58. The number of methoxy groups -OCH3 is 1. The van der Waals surface area contributed by atoms with Gasteiger partial charge in [0.1, 0.15) is 11.4 Å². The molecule has 0 aliphatic carbocycles. The van der Waals surface area contributed by atoms with Crippen molar-refractivity contribution in [1.29, 1.82) is 0 Å². The fourth-order valence-corrected chi connectivity index (χ4v) is 1.70. The molecule has 4 nitrogen and oxygen atoms in total. The van der Waals surface area contributed by atoms with Gasteiger partial charge in [-0.1, -0.05) is 13.8 Å². The Morgan fingerprint density at radius 1 is 1.39 bits per heavy atom. The maximum Gasteiger partial charge on any atom is 0.414 e. The number of carbonyl (C=O) groups is 1. The second-order valence-electron chi connectivity index (χ2n) is 5.71. The van der Waals surface area contributed by atoms with E-state index in [1.54, 1.807) is 24.3 Å². The monoisotopic (exact) mass is 253 g/mol. The molecule has 18 heavy (non-hydrogen) atoms. The van der Waals surface area contributed by atoms with Crippen molar-refractivity contribution in [2.75, 3.05) is 7.11 Å². The number of amides is 1. The molecule has 0 fully saturated rings. The predicted molar refractivity (Wildman–Crippen MR) is 70.9 cm³/mol. The van der Waals surface area contributed by atoms with Gasteiger partial charge in [0, 0.05) is 6.20 Å². The van der Waals surface area contributed by atoms with Gasteiger partial charge in [0.2, 0.25) is 0 Å². The molecule has 0 saturated heterocycles. The summed E-state index contributed by atoms with van der Waals surface area (Å²) in [6.45, 7) is 9.70. The number of hydrogen-bond donors (Lipinski definition) is 0. The minimum Gasteiger partial charge on any atom is -0.497 e. The van der Waals surface area contributed by atoms with Gasteiger partial charge in [0.25, 0.3) is 0 Å². The third kappa shape index (κ3) is 3.79. The van der Waals surface area contributed by atoms with E-state index in [0.717, 1.165) is 5.76 Å². The molecule has 0 aromatic carbocycles. The summed E-state index contributed by atoms with van der Waals surface area (Å²) in [5.74, 6) is 1.06. The van der Waals surface area contributed by atoms with Crippen molar-refractivity contribution in [2.24, 2.45) is 5.92 Å². The minimum atomic E-state index is -0.488. The van der Waals surface area contributed by atoms with E-state index in [1.165, 1.54) is 0 Å². The van der Waals surface area contributed by atoms with E-state index in [-0.39, 0.29) is 18.1 Å². The first kappa shape index (κ1) is 14.6. The topological polar surface area (TPSA) is 38.8 Å². The standard InChI is InChI=1S/C14H23NO3/c1-10(2)12-9-11(17-6)7-8-15(12)13(16)18-14(3,4)5/h7-10,12H,1-6H3. The molecule has 0 bridgehead atoms. The van der Waals surface area contributed by atoms with Gasteiger partial charge >= 0.3 is 6.09 Å². The van der Waals surface area contributed by atoms with E-state index < -0.39 is 5.60 Å². The molecule has 0 spiro atoms. The number of rotatable bonds is 2. The zero-order valence-corrected chi connectivity index (χ0v) is 12.1. The van der Waals surface area contributed by atoms with Crippen LogP contribution in [0.3, 0.4) is 0 Å². The number of ether oxygens (including phenoxy) is 2. The molecule has 0 saturated carbocycles. The highest BCUT2D eigenvalue weighted by Gasteiger charge is 2.29. The lowest BCUT2D eigenvalue weighted by Gasteiger charge is -2.33. The molecular formula is C14H23NO3. The maximum absolute atomic E-state index is 12.1. The summed E-state index contributed by atoms with van der Waals surface area (Å²) >= 11 is 0. The van der Waals surface area contributed by atoms with Gasteiger partial charge in [-0.25, -0.2) is 4.79 Å². The quantitative estimate of drug-likeness (QED) is 0.758. The Bertz CT molecular complexity index is 364. The van der Waals surface area contributed by atoms with Gasteiger partial charge in [-0.2, -0.15) is 0 Å². The Morgan fingerprint density at radius 2 is 2.00 bits per heavy atom. The Hall–Kier alpha value is -1.45. The van der Waals surface area contributed by atoms with Crippen LogP contribution in [0, 0.1) is 5.92 Å². The van der Waals surface area contributed by atoms with E-state index >= 15 is 0 Å². The zero-order valence-electron chi connectivity index (χ0n) is 12.1. The SMILES string of the molecule is COC1=CC(C(C)C)N(C(=O)OC(C)(C)C)C=C1. The second kappa shape index (κ2) is 5.46. The molecule has 1 amide bonds. The molecule has 0 aromatic heterocycles. The first-order valence-corrected chi connectivity index (χ1v) is 6.20. The molecule has 1 unspecified atom stereocenters. The molecule has 1 atom stereocenters. The highest BCUT2D eigenvalue weighted by Crippen LogP contribution is 2.23. The molecule has 1 heterocycles. The fourth-order valence-electron chi connectivity index (χ4n) is 1.70. The van der Waals surface area contributed by atoms with Crippen molar-refractivity contribution in [2.45, 2.75) is 46.3 Å². The summed E-state index contributed by atoms with van der Waals surface area (Å²) in [6.07, 6.45) is 5.10. The molecule has 1 rings (SSSR count). The average molecular weight is 253 g/mol. The van der Waals surface area contributed by atoms with Crippen molar-refractivity contribution in [3.05, 3.63) is 24.1 Å². The van der Waals surface area contributed by atoms with Crippen molar-refractivity contribution in [1.82, 2.24) is 4.90 Å². The van der Waals surface area contributed by atoms with E-state index in [2.05, 4.69) is 13.8 Å². The van der Waals surface area contributed by atoms with Crippen LogP contribution in [0.2, 0.25) is 0 Å². The molecule has 102 valence electrons. The van der Waals surface area contributed by atoms with Crippen molar-refractivity contribution < 1.29 is 14.3 Å². The highest BCUT2D eigenvalue weighted by atomic mass is 16.6. The lowest BCUT2D eigenvalue weighted by atomic mass is 10.0. The first-order valence-electron chi connectivity index (χ1n) is 6.20. The summed E-state index contributed by atoms with van der Waals surface area (Å²) in [6, 6.07) is -0.0419. The Balaban J connectivity index is 2.86. The summed E-state index contributed by atoms with van der Waals surface area (Å²) in [5, 5.41) is 0. The minimum absolute atomic E-state index is 0.0419. The van der Waals surface area contributed by atoms with Crippen LogP contribution in [0.25, 0.3) is 0 Å². The Morgan fingerprint density at radius 3 is 2.44 bits per heavy atom. The summed E-state index contributed by atoms with van der Waals surface area (Å²) in [5.41, 5.74) is -0.488. The maximum atomic E-state index is 12.1. The van der Waals surface area contributed by atoms with E-state index in [4.69, 9.17) is 9.47 Å². The van der Waals surface area contributed by atoms with Crippen LogP contribution in [0.4, 0.5) is 4.79 Å². The van der Waals surface area contributed by atoms with Crippen LogP contribution in [0.1, 0.15) is 34.6 Å². The fraction of sp³-hybridized carbons (Fsp3) is 0.643. The second-order valence-corrected chi connectivity index (χ2v) is 5.71. The van der Waals surface area contributed by atoms with Crippen LogP contribution in [0.15, 0.2) is 24.1 Å². The van der Waals surface area contributed by atoms with Gasteiger partial charge in [-0.05, 0) is 38.8 Å². The normalized spacial score (nSPS) is 19.8. The van der Waals surface area contributed by atoms with Gasteiger partial charge < -0.3 is 9.47 Å². The van der Waals surface area contributed by atoms with Crippen LogP contribution in [-0.4, -0.2) is 29.7 Å². The van der Waals surface area contributed by atoms with Gasteiger partial charge in [0.05, 0.1) is 13.2 Å². The zero-order chi connectivity index (χ0) is 13.9. The van der Waals surface area contributed by atoms with Crippen molar-refractivity contribution in [3.8, 4) is 0 Å². The number of hydrogen-bond acceptors (Lipinski definition) is 3. The summed E-state index contributed by atoms with van der Waals surface area (Å²) in [7, 11) is 1.62. The number of carbonyl (C=O) groups excluding carboxylic acids is 1. The molecule has 4 heteroatoms. The van der Waals surface area contributed by atoms with Crippen LogP contribution in [0.5, 0.6) is 0 Å². The molecule has 1 aliphatic heterocycles. The van der Waals surface area contributed by atoms with Crippen molar-refractivity contribution >= 4 is 6.09 Å². The largest absolute Gasteiger partial charge is 0.497 e. The lowest BCUT2D eigenvalue weighted by molar-refractivity contribution is 0.0261. The molecule has 0 radical (unpaired) electrons. The highest BCUT2D eigenvalue weighted by molar-refractivity contribution is 5.70. The molecule has 0 N–H and O–H groups in total. The van der Waals surface area contributed by atoms with Crippen LogP contribution >= 0.6 is 0 Å². The van der Waals surface area contributed by atoms with Gasteiger partial charge in [0.15, 0.2) is 0 Å². The van der Waals surface area contributed by atoms with Gasteiger partial charge in [-0.3, -0.25) is 4.90 Å². The Labute approximate surface area is 109 Å². The summed E-state index contributed by atoms with van der Waals surface area (Å²) in [4.78, 5) is 13.7. The van der Waals surface area contributed by atoms with E-state index in [0.29, 0.717) is 0 Å². The summed E-state index contributed by atoms with van der Waals surface area (Å²) < 4.78 is 10.6. The Kier molecular flexibility index (Phi) is 4.43. The first-order chi connectivity index (χ1) is 8.24. The smallest absolute Gasteiger partial charge is 0.414 e. The van der Waals surface area contributed by atoms with Crippen molar-refractivity contribution in [3.63, 3.8) is 0 Å². The third-order valence-corrected chi connectivity index (χ3v) is 2.58. The van der Waals surface area contributed by atoms with Crippen LogP contribution < -0.4 is 0 Å². The predicted octanol–water partition coefficient (Wildman–Crippen LogP) is 3.31. The van der Waals surface area contributed by atoms with E-state index in [1.807, 2.05) is 26.8 Å². The van der Waals surface area contributed by atoms with E-state index in [9.17, 15) is 4.79 Å². The number of nitrogens with zero attached hydrogens (tertiary/aromatic N) is 1. The lowest BCUT2D eigenvalue weighted by Crippen LogP contribution is -2.42. The number of allylic oxidation sites excluding steroid dienone is 1. The molecule has 1 aliphatic rings. The average Bonchev–Trinajstić information content (AvgIpc) is 2.25. The van der Waals surface area contributed by atoms with Crippen LogP contribution in [-0.2, 0) is 9.47 Å². The molecule has 0 aromatic rings. The van der Waals surface area contributed by atoms with Gasteiger partial charge in [-0.15, -0.1) is 0 Å². The molecular weight excluding hydrogens is 230 g/mol.